The number of hydrogen-bond donors (Lipinski definition) is 3. The maximum Gasteiger partial charge on any atom is 0.142 e. The standard InChI is InChI=1S/C29H32FN5O4S2/c1-31-29(36)26-21-14-20(23(34(2)40-3)15-24(21)38-28(26)17-9-11-19(30)12-10-17)18-6-5-13-35(16-18)41(37)25-8-4-7-22-27(25)33-39-32-22/h4,7-12,14-15,18,22,29,31-32,36H,5-6,13,16H2,1-3H3/t18-,22?,29?,41?/m1/s1. The normalized spacial score (nSPS) is 22.2. The predicted octanol–water partition coefficient (Wildman–Crippen LogP) is 4.72. The van der Waals surface area contributed by atoms with Crippen molar-refractivity contribution in [2.24, 2.45) is 5.16 Å². The average molecular weight is 598 g/mol. The van der Waals surface area contributed by atoms with Crippen molar-refractivity contribution in [3.05, 3.63) is 76.5 Å². The van der Waals surface area contributed by atoms with E-state index in [1.54, 1.807) is 31.1 Å². The number of hydrogen-bond acceptors (Lipinski definition) is 9. The van der Waals surface area contributed by atoms with Crippen LogP contribution < -0.4 is 15.1 Å². The van der Waals surface area contributed by atoms with E-state index in [1.807, 2.05) is 41.9 Å². The topological polar surface area (TPSA) is 103 Å². The van der Waals surface area contributed by atoms with Gasteiger partial charge in [0.1, 0.15) is 46.1 Å². The summed E-state index contributed by atoms with van der Waals surface area (Å²) >= 11 is 1.59. The summed E-state index contributed by atoms with van der Waals surface area (Å²) in [6, 6.07) is 9.97. The Morgan fingerprint density at radius 3 is 2.88 bits per heavy atom. The molecule has 6 rings (SSSR count). The second kappa shape index (κ2) is 11.7. The van der Waals surface area contributed by atoms with E-state index >= 15 is 0 Å². The molecule has 216 valence electrons. The summed E-state index contributed by atoms with van der Waals surface area (Å²) in [7, 11) is 2.28. The minimum absolute atomic E-state index is 0.0841. The first-order chi connectivity index (χ1) is 19.9. The average Bonchev–Trinajstić information content (AvgIpc) is 3.64. The number of benzene rings is 2. The highest BCUT2D eigenvalue weighted by atomic mass is 32.2. The molecule has 0 amide bonds. The van der Waals surface area contributed by atoms with Crippen LogP contribution in [0.4, 0.5) is 10.1 Å². The lowest BCUT2D eigenvalue weighted by Gasteiger charge is -2.34. The van der Waals surface area contributed by atoms with Crippen molar-refractivity contribution < 1.29 is 23.1 Å². The number of nitrogens with zero attached hydrogens (tertiary/aromatic N) is 3. The van der Waals surface area contributed by atoms with Crippen LogP contribution in [0.15, 0.2) is 69.1 Å². The third kappa shape index (κ3) is 5.24. The molecule has 0 bridgehead atoms. The van der Waals surface area contributed by atoms with E-state index in [1.165, 1.54) is 12.1 Å². The van der Waals surface area contributed by atoms with Crippen LogP contribution in [-0.4, -0.2) is 58.8 Å². The highest BCUT2D eigenvalue weighted by Crippen LogP contribution is 2.44. The Balaban J connectivity index is 1.41. The number of rotatable bonds is 8. The van der Waals surface area contributed by atoms with Crippen molar-refractivity contribution in [3.63, 3.8) is 0 Å². The van der Waals surface area contributed by atoms with Gasteiger partial charge >= 0.3 is 0 Å². The first kappa shape index (κ1) is 28.1. The lowest BCUT2D eigenvalue weighted by Crippen LogP contribution is -2.40. The molecule has 12 heteroatoms. The SMILES string of the molecule is CNC(O)c1c(-c2ccc(F)cc2)oc2cc(N(C)SC)c([C@@H]3CCCN(S(=O)C4=CC=CC5NON=C45)C3)cc12. The van der Waals surface area contributed by atoms with E-state index in [9.17, 15) is 13.7 Å². The summed E-state index contributed by atoms with van der Waals surface area (Å²) in [6.45, 7) is 1.30. The van der Waals surface area contributed by atoms with Crippen LogP contribution in [0, 0.1) is 5.82 Å². The molecule has 1 aliphatic carbocycles. The number of piperidine rings is 1. The molecular weight excluding hydrogens is 565 g/mol. The molecule has 1 fully saturated rings. The van der Waals surface area contributed by atoms with Crippen LogP contribution in [0.25, 0.3) is 22.3 Å². The van der Waals surface area contributed by atoms with E-state index in [0.29, 0.717) is 46.2 Å². The number of fused-ring (bicyclic) bond motifs is 2. The summed E-state index contributed by atoms with van der Waals surface area (Å²) in [4.78, 5) is 5.71. The Morgan fingerprint density at radius 1 is 1.32 bits per heavy atom. The fraction of sp³-hybridized carbons (Fsp3) is 0.345. The Morgan fingerprint density at radius 2 is 2.12 bits per heavy atom. The number of aliphatic hydroxyl groups is 1. The minimum Gasteiger partial charge on any atom is -0.456 e. The summed E-state index contributed by atoms with van der Waals surface area (Å²) in [5.41, 5.74) is 7.44. The second-order valence-electron chi connectivity index (χ2n) is 10.2. The molecule has 4 atom stereocenters. The molecule has 3 unspecified atom stereocenters. The lowest BCUT2D eigenvalue weighted by molar-refractivity contribution is 0.0672. The van der Waals surface area contributed by atoms with Crippen LogP contribution in [0.3, 0.4) is 0 Å². The van der Waals surface area contributed by atoms with Crippen molar-refractivity contribution in [3.8, 4) is 11.3 Å². The highest BCUT2D eigenvalue weighted by molar-refractivity contribution is 7.99. The third-order valence-corrected chi connectivity index (χ3v) is 10.1. The van der Waals surface area contributed by atoms with Gasteiger partial charge in [0.25, 0.3) is 0 Å². The van der Waals surface area contributed by atoms with Crippen LogP contribution >= 0.6 is 11.9 Å². The van der Waals surface area contributed by atoms with Crippen molar-refractivity contribution in [1.29, 1.82) is 0 Å². The number of halogens is 1. The van der Waals surface area contributed by atoms with Gasteiger partial charge in [0.15, 0.2) is 0 Å². The molecule has 3 heterocycles. The Hall–Kier alpha value is -3.00. The van der Waals surface area contributed by atoms with Gasteiger partial charge in [0.2, 0.25) is 0 Å². The number of anilines is 1. The monoisotopic (exact) mass is 597 g/mol. The number of nitrogens with one attached hydrogen (secondary N) is 2. The Bertz CT molecular complexity index is 1570. The quantitative estimate of drug-likeness (QED) is 0.253. The number of allylic oxidation sites excluding steroid dienone is 2. The number of oxime groups is 1. The van der Waals surface area contributed by atoms with Gasteiger partial charge in [0.05, 0.1) is 10.6 Å². The van der Waals surface area contributed by atoms with Gasteiger partial charge < -0.3 is 13.8 Å². The molecule has 0 radical (unpaired) electrons. The van der Waals surface area contributed by atoms with Gasteiger partial charge in [-0.1, -0.05) is 29.3 Å². The zero-order valence-corrected chi connectivity index (χ0v) is 24.6. The highest BCUT2D eigenvalue weighted by Gasteiger charge is 2.35. The van der Waals surface area contributed by atoms with E-state index < -0.39 is 17.2 Å². The summed E-state index contributed by atoms with van der Waals surface area (Å²) in [5, 5.41) is 18.8. The largest absolute Gasteiger partial charge is 0.456 e. The van der Waals surface area contributed by atoms with Gasteiger partial charge in [-0.3, -0.25) is 10.3 Å². The van der Waals surface area contributed by atoms with Crippen LogP contribution in [0.2, 0.25) is 0 Å². The van der Waals surface area contributed by atoms with Crippen molar-refractivity contribution in [2.75, 3.05) is 37.7 Å². The molecule has 41 heavy (non-hydrogen) atoms. The molecular formula is C29H32FN5O4S2. The smallest absolute Gasteiger partial charge is 0.142 e. The maximum absolute atomic E-state index is 13.8. The summed E-state index contributed by atoms with van der Waals surface area (Å²) in [6.07, 6.45) is 8.47. The zero-order chi connectivity index (χ0) is 28.7. The molecule has 1 saturated heterocycles. The summed E-state index contributed by atoms with van der Waals surface area (Å²) in [5.74, 6) is 0.231. The van der Waals surface area contributed by atoms with Gasteiger partial charge in [-0.15, -0.1) is 5.48 Å². The molecule has 0 saturated carbocycles. The maximum atomic E-state index is 13.8. The first-order valence-corrected chi connectivity index (χ1v) is 15.7. The Labute approximate surface area is 244 Å². The van der Waals surface area contributed by atoms with Crippen LogP contribution in [0.5, 0.6) is 0 Å². The van der Waals surface area contributed by atoms with Crippen LogP contribution in [-0.2, 0) is 15.9 Å². The van der Waals surface area contributed by atoms with E-state index in [-0.39, 0.29) is 17.8 Å². The Kier molecular flexibility index (Phi) is 8.03. The number of hydroxylamine groups is 1. The van der Waals surface area contributed by atoms with Gasteiger partial charge in [0, 0.05) is 49.0 Å². The van der Waals surface area contributed by atoms with Crippen molar-refractivity contribution in [1.82, 2.24) is 15.1 Å². The van der Waals surface area contributed by atoms with Gasteiger partial charge in [-0.2, -0.15) is 0 Å². The van der Waals surface area contributed by atoms with Crippen LogP contribution in [0.1, 0.15) is 36.1 Å². The third-order valence-electron chi connectivity index (χ3n) is 7.81. The minimum atomic E-state index is -1.41. The fourth-order valence-corrected chi connectivity index (χ4v) is 7.43. The molecule has 3 N–H and O–H groups in total. The summed E-state index contributed by atoms with van der Waals surface area (Å²) < 4.78 is 37.9. The number of aliphatic hydroxyl groups excluding tert-OH is 1. The molecule has 3 aliphatic rings. The van der Waals surface area contributed by atoms with E-state index in [4.69, 9.17) is 9.36 Å². The second-order valence-corrected chi connectivity index (χ2v) is 12.6. The lowest BCUT2D eigenvalue weighted by atomic mass is 9.89. The molecule has 1 aromatic heterocycles. The van der Waals surface area contributed by atoms with Gasteiger partial charge in [-0.05, 0) is 67.8 Å². The van der Waals surface area contributed by atoms with E-state index in [2.05, 4.69) is 26.3 Å². The predicted molar refractivity (Wildman–Crippen MR) is 162 cm³/mol. The van der Waals surface area contributed by atoms with Crippen molar-refractivity contribution >= 4 is 45.3 Å². The molecule has 9 nitrogen and oxygen atoms in total. The first-order valence-electron chi connectivity index (χ1n) is 13.4. The molecule has 2 aromatic carbocycles. The molecule has 2 aliphatic heterocycles. The van der Waals surface area contributed by atoms with Gasteiger partial charge in [-0.25, -0.2) is 12.9 Å². The van der Waals surface area contributed by atoms with Crippen molar-refractivity contribution in [2.45, 2.75) is 31.0 Å². The van der Waals surface area contributed by atoms with E-state index in [0.717, 1.165) is 29.5 Å². The fourth-order valence-electron chi connectivity index (χ4n) is 5.64. The molecule has 0 spiro atoms. The number of furan rings is 1. The zero-order valence-electron chi connectivity index (χ0n) is 23.0. The molecule has 3 aromatic rings.